The van der Waals surface area contributed by atoms with Crippen molar-refractivity contribution in [3.8, 4) is 90.0 Å². The van der Waals surface area contributed by atoms with Gasteiger partial charge in [-0.3, -0.25) is 0 Å². The third-order valence-corrected chi connectivity index (χ3v) is 14.4. The first kappa shape index (κ1) is 42.9. The Labute approximate surface area is 428 Å². The van der Waals surface area contributed by atoms with E-state index in [4.69, 9.17) is 15.0 Å². The average molecular weight is 944 g/mol. The highest BCUT2D eigenvalue weighted by molar-refractivity contribution is 6.16. The van der Waals surface area contributed by atoms with Crippen molar-refractivity contribution in [3.63, 3.8) is 0 Å². The highest BCUT2D eigenvalue weighted by atomic mass is 15.1. The molecule has 3 aromatic heterocycles. The van der Waals surface area contributed by atoms with Gasteiger partial charge in [0.15, 0.2) is 17.5 Å². The van der Waals surface area contributed by atoms with E-state index >= 15 is 0 Å². The van der Waals surface area contributed by atoms with Crippen molar-refractivity contribution in [2.75, 3.05) is 0 Å². The van der Waals surface area contributed by atoms with Gasteiger partial charge in [-0.25, -0.2) is 15.0 Å². The fourth-order valence-electron chi connectivity index (χ4n) is 10.9. The van der Waals surface area contributed by atoms with Crippen LogP contribution in [-0.2, 0) is 0 Å². The topological polar surface area (TPSA) is 48.5 Å². The molecule has 346 valence electrons. The van der Waals surface area contributed by atoms with Crippen LogP contribution < -0.4 is 0 Å². The van der Waals surface area contributed by atoms with Crippen molar-refractivity contribution in [2.24, 2.45) is 0 Å². The van der Waals surface area contributed by atoms with Gasteiger partial charge in [0.1, 0.15) is 0 Å². The zero-order valence-electron chi connectivity index (χ0n) is 40.2. The van der Waals surface area contributed by atoms with Crippen LogP contribution >= 0.6 is 0 Å². The van der Waals surface area contributed by atoms with Crippen LogP contribution in [0, 0.1) is 0 Å². The number of para-hydroxylation sites is 2. The Bertz CT molecular complexity index is 4370. The maximum Gasteiger partial charge on any atom is 0.164 e. The molecule has 74 heavy (non-hydrogen) atoms. The highest BCUT2D eigenvalue weighted by Crippen LogP contribution is 2.43. The van der Waals surface area contributed by atoms with Gasteiger partial charge in [0.25, 0.3) is 0 Å². The van der Waals surface area contributed by atoms with Crippen LogP contribution in [0.1, 0.15) is 0 Å². The van der Waals surface area contributed by atoms with E-state index in [-0.39, 0.29) is 0 Å². The van der Waals surface area contributed by atoms with Crippen molar-refractivity contribution >= 4 is 43.6 Å². The number of rotatable bonds is 9. The van der Waals surface area contributed by atoms with Crippen molar-refractivity contribution in [1.29, 1.82) is 0 Å². The largest absolute Gasteiger partial charge is 0.307 e. The summed E-state index contributed by atoms with van der Waals surface area (Å²) in [5.41, 5.74) is 18.3. The van der Waals surface area contributed by atoms with Crippen LogP contribution in [0.4, 0.5) is 0 Å². The van der Waals surface area contributed by atoms with Gasteiger partial charge in [-0.15, -0.1) is 0 Å². The fraction of sp³-hybridized carbons (Fsp3) is 0. The molecule has 0 unspecified atom stereocenters. The van der Waals surface area contributed by atoms with Crippen LogP contribution in [0.15, 0.2) is 273 Å². The summed E-state index contributed by atoms with van der Waals surface area (Å²) in [6.07, 6.45) is 0. The molecule has 14 rings (SSSR count). The molecule has 5 nitrogen and oxygen atoms in total. The third-order valence-electron chi connectivity index (χ3n) is 14.4. The Hall–Kier alpha value is -9.97. The van der Waals surface area contributed by atoms with Crippen LogP contribution in [0.3, 0.4) is 0 Å². The second kappa shape index (κ2) is 18.0. The molecular formula is C69H45N5. The number of benzene rings is 11. The highest BCUT2D eigenvalue weighted by Gasteiger charge is 2.23. The fourth-order valence-corrected chi connectivity index (χ4v) is 10.9. The van der Waals surface area contributed by atoms with Gasteiger partial charge in [-0.1, -0.05) is 237 Å². The molecule has 0 aliphatic rings. The first-order valence-corrected chi connectivity index (χ1v) is 25.1. The maximum atomic E-state index is 5.41. The van der Waals surface area contributed by atoms with Gasteiger partial charge < -0.3 is 9.13 Å². The monoisotopic (exact) mass is 943 g/mol. The lowest BCUT2D eigenvalue weighted by molar-refractivity contribution is 1.07. The summed E-state index contributed by atoms with van der Waals surface area (Å²) in [6.45, 7) is 0. The van der Waals surface area contributed by atoms with Crippen LogP contribution in [0.5, 0.6) is 0 Å². The van der Waals surface area contributed by atoms with Gasteiger partial charge in [0.2, 0.25) is 0 Å². The molecule has 0 fully saturated rings. The van der Waals surface area contributed by atoms with E-state index in [9.17, 15) is 0 Å². The van der Waals surface area contributed by atoms with E-state index in [1.54, 1.807) is 0 Å². The van der Waals surface area contributed by atoms with E-state index in [1.165, 1.54) is 21.9 Å². The van der Waals surface area contributed by atoms with E-state index < -0.39 is 0 Å². The molecule has 0 amide bonds. The first-order valence-electron chi connectivity index (χ1n) is 25.1. The molecule has 0 saturated carbocycles. The number of hydrogen-bond acceptors (Lipinski definition) is 3. The van der Waals surface area contributed by atoms with Crippen molar-refractivity contribution in [1.82, 2.24) is 24.1 Å². The number of hydrogen-bond donors (Lipinski definition) is 0. The molecule has 3 heterocycles. The molecule has 0 bridgehead atoms. The molecule has 0 saturated heterocycles. The van der Waals surface area contributed by atoms with Gasteiger partial charge >= 0.3 is 0 Å². The quantitative estimate of drug-likeness (QED) is 0.145. The summed E-state index contributed by atoms with van der Waals surface area (Å²) in [6, 6.07) is 97.3. The van der Waals surface area contributed by atoms with Crippen LogP contribution in [-0.4, -0.2) is 24.1 Å². The van der Waals surface area contributed by atoms with Gasteiger partial charge in [-0.05, 0) is 80.9 Å². The lowest BCUT2D eigenvalue weighted by atomic mass is 9.98. The van der Waals surface area contributed by atoms with Gasteiger partial charge in [0, 0.05) is 43.9 Å². The lowest BCUT2D eigenvalue weighted by Crippen LogP contribution is -2.03. The normalized spacial score (nSPS) is 11.5. The minimum Gasteiger partial charge on any atom is -0.307 e. The Morgan fingerprint density at radius 1 is 0.230 bits per heavy atom. The Kier molecular flexibility index (Phi) is 10.4. The second-order valence-corrected chi connectivity index (χ2v) is 18.8. The summed E-state index contributed by atoms with van der Waals surface area (Å²) in [5, 5.41) is 4.73. The van der Waals surface area contributed by atoms with E-state index in [1.807, 2.05) is 24.3 Å². The summed E-state index contributed by atoms with van der Waals surface area (Å²) in [5.74, 6) is 1.80. The summed E-state index contributed by atoms with van der Waals surface area (Å²) < 4.78 is 4.94. The van der Waals surface area contributed by atoms with E-state index in [2.05, 4.69) is 258 Å². The molecule has 0 atom stereocenters. The molecule has 14 aromatic rings. The predicted molar refractivity (Wildman–Crippen MR) is 307 cm³/mol. The minimum absolute atomic E-state index is 0.587. The summed E-state index contributed by atoms with van der Waals surface area (Å²) in [7, 11) is 0. The second-order valence-electron chi connectivity index (χ2n) is 18.8. The Balaban J connectivity index is 1.05. The van der Waals surface area contributed by atoms with E-state index in [0.717, 1.165) is 94.3 Å². The Morgan fingerprint density at radius 2 is 0.649 bits per heavy atom. The zero-order chi connectivity index (χ0) is 49.0. The minimum atomic E-state index is 0.587. The molecular weight excluding hydrogens is 899 g/mol. The lowest BCUT2D eigenvalue weighted by Gasteiger charge is -2.17. The smallest absolute Gasteiger partial charge is 0.164 e. The predicted octanol–water partition coefficient (Wildman–Crippen LogP) is 17.7. The number of fused-ring (bicyclic) bond motifs is 6. The number of aromatic nitrogens is 5. The average Bonchev–Trinajstić information content (AvgIpc) is 4.04. The number of nitrogens with zero attached hydrogens (tertiary/aromatic N) is 5. The standard InChI is InChI=1S/C69H45N5/c1-6-19-46(20-7-1)49-33-35-52(36-34-49)68-70-67(51-27-14-5-15-28-51)71-69(72-68)61-45-55(39-42-56(61)50-25-12-4-13-26-50)73-64-43-53(47-21-8-2-9-22-47)38-41-59(64)60-30-18-32-63(66(60)73)74-62-31-17-16-29-57(62)58-40-37-54(44-65(58)74)48-23-10-3-11-24-48/h1-45H. The zero-order valence-corrected chi connectivity index (χ0v) is 40.2. The summed E-state index contributed by atoms with van der Waals surface area (Å²) in [4.78, 5) is 16.0. The molecule has 0 aliphatic heterocycles. The van der Waals surface area contributed by atoms with Crippen molar-refractivity contribution < 1.29 is 0 Å². The SMILES string of the molecule is c1ccc(-c2ccc(-c3nc(-c4ccccc4)nc(-c4cc(-n5c6cc(-c7ccccc7)ccc6c6cccc(-n7c8ccccc8c8ccc(-c9ccccc9)cc87)c65)ccc4-c4ccccc4)n3)cc2)cc1. The van der Waals surface area contributed by atoms with Gasteiger partial charge in [0.05, 0.1) is 27.8 Å². The van der Waals surface area contributed by atoms with Crippen molar-refractivity contribution in [3.05, 3.63) is 273 Å². The molecule has 0 N–H and O–H groups in total. The first-order chi connectivity index (χ1) is 36.7. The Morgan fingerprint density at radius 3 is 1.26 bits per heavy atom. The molecule has 11 aromatic carbocycles. The molecule has 0 spiro atoms. The molecule has 0 aliphatic carbocycles. The van der Waals surface area contributed by atoms with Crippen molar-refractivity contribution in [2.45, 2.75) is 0 Å². The molecule has 0 radical (unpaired) electrons. The van der Waals surface area contributed by atoms with Crippen LogP contribution in [0.25, 0.3) is 134 Å². The maximum absolute atomic E-state index is 5.41. The van der Waals surface area contributed by atoms with Gasteiger partial charge in [-0.2, -0.15) is 0 Å². The van der Waals surface area contributed by atoms with Crippen LogP contribution in [0.2, 0.25) is 0 Å². The molecule has 5 heteroatoms. The third kappa shape index (κ3) is 7.46. The van der Waals surface area contributed by atoms with E-state index in [0.29, 0.717) is 17.5 Å². The summed E-state index contributed by atoms with van der Waals surface area (Å²) >= 11 is 0.